The van der Waals surface area contributed by atoms with E-state index in [0.29, 0.717) is 70.7 Å². The van der Waals surface area contributed by atoms with E-state index in [1.54, 1.807) is 15.5 Å². The fraction of sp³-hybridized carbons (Fsp3) is 0.261. The van der Waals surface area contributed by atoms with Crippen LogP contribution in [0.1, 0.15) is 0 Å². The number of carbonyl (C=O) groups excluding carboxylic acids is 1. The van der Waals surface area contributed by atoms with Gasteiger partial charge in [0.05, 0.1) is 10.5 Å². The van der Waals surface area contributed by atoms with Crippen LogP contribution in [0.2, 0.25) is 5.02 Å². The maximum absolute atomic E-state index is 14.7. The number of anilines is 1. The summed E-state index contributed by atoms with van der Waals surface area (Å²) in [6.07, 6.45) is 1.29. The summed E-state index contributed by atoms with van der Waals surface area (Å²) in [6.45, 7) is 5.95. The molecule has 33 heavy (non-hydrogen) atoms. The predicted octanol–water partition coefficient (Wildman–Crippen LogP) is 3.94. The van der Waals surface area contributed by atoms with Gasteiger partial charge in [-0.05, 0) is 24.3 Å². The molecule has 0 saturated carbocycles. The first-order chi connectivity index (χ1) is 15.9. The number of benzene rings is 2. The molecule has 2 aliphatic rings. The normalized spacial score (nSPS) is 15.7. The molecule has 0 N–H and O–H groups in total. The van der Waals surface area contributed by atoms with Crippen LogP contribution in [0.25, 0.3) is 22.0 Å². The van der Waals surface area contributed by atoms with Gasteiger partial charge in [-0.15, -0.1) is 11.8 Å². The van der Waals surface area contributed by atoms with E-state index in [0.717, 1.165) is 6.07 Å². The maximum atomic E-state index is 14.7. The summed E-state index contributed by atoms with van der Waals surface area (Å²) >= 11 is 8.16. The molecule has 2 aromatic carbocycles. The van der Waals surface area contributed by atoms with Gasteiger partial charge in [0.25, 0.3) is 0 Å². The highest BCUT2D eigenvalue weighted by Gasteiger charge is 2.28. The lowest BCUT2D eigenvalue weighted by molar-refractivity contribution is -0.126. The number of rotatable bonds is 3. The minimum atomic E-state index is -0.718. The maximum Gasteiger partial charge on any atom is 0.350 e. The number of thioether (sulfide) groups is 1. The molecule has 1 aromatic heterocycles. The summed E-state index contributed by atoms with van der Waals surface area (Å²) in [7, 11) is 0. The van der Waals surface area contributed by atoms with Gasteiger partial charge in [-0.25, -0.2) is 13.6 Å². The first-order valence-corrected chi connectivity index (χ1v) is 11.8. The van der Waals surface area contributed by atoms with Gasteiger partial charge in [-0.1, -0.05) is 18.2 Å². The van der Waals surface area contributed by atoms with Crippen LogP contribution < -0.4 is 10.6 Å². The zero-order chi connectivity index (χ0) is 23.3. The quantitative estimate of drug-likeness (QED) is 0.523. The Labute approximate surface area is 197 Å². The third-order valence-electron chi connectivity index (χ3n) is 5.98. The Hall–Kier alpha value is -2.91. The molecule has 0 unspecified atom stereocenters. The number of carbonyl (C=O) groups is 1. The van der Waals surface area contributed by atoms with Crippen molar-refractivity contribution in [3.05, 3.63) is 64.1 Å². The molecule has 3 aromatic rings. The zero-order valence-corrected chi connectivity index (χ0v) is 19.1. The predicted molar refractivity (Wildman–Crippen MR) is 126 cm³/mol. The number of aryl methyl sites for hydroxylation is 1. The van der Waals surface area contributed by atoms with Gasteiger partial charge in [0.15, 0.2) is 0 Å². The topological polar surface area (TPSA) is 58.4 Å². The van der Waals surface area contributed by atoms with Crippen LogP contribution in [0.3, 0.4) is 0 Å². The van der Waals surface area contributed by atoms with E-state index in [4.69, 9.17) is 11.6 Å². The van der Waals surface area contributed by atoms with Crippen molar-refractivity contribution in [2.24, 2.45) is 0 Å². The molecule has 170 valence electrons. The largest absolute Gasteiger partial charge is 0.352 e. The summed E-state index contributed by atoms with van der Waals surface area (Å²) in [4.78, 5) is 33.6. The van der Waals surface area contributed by atoms with Crippen LogP contribution in [0, 0.1) is 11.6 Å². The Morgan fingerprint density at radius 2 is 1.91 bits per heavy atom. The SMILES string of the molecule is C=CC(=O)N1CCN(c2nc(=O)n3c4c(c(-c5ccc(F)cc5F)c(Cl)cc24)SCC3)CC1. The summed E-state index contributed by atoms with van der Waals surface area (Å²) in [5, 5.41) is 0.989. The van der Waals surface area contributed by atoms with Gasteiger partial charge in [0, 0.05) is 66.0 Å². The van der Waals surface area contributed by atoms with Gasteiger partial charge in [-0.3, -0.25) is 9.36 Å². The number of piperazine rings is 1. The second-order valence-corrected chi connectivity index (χ2v) is 9.33. The second-order valence-electron chi connectivity index (χ2n) is 7.82. The molecule has 0 spiro atoms. The van der Waals surface area contributed by atoms with Crippen molar-refractivity contribution in [2.75, 3.05) is 36.8 Å². The summed E-state index contributed by atoms with van der Waals surface area (Å²) in [6, 6.07) is 5.08. The van der Waals surface area contributed by atoms with Gasteiger partial charge in [0.2, 0.25) is 5.91 Å². The number of hydrogen-bond acceptors (Lipinski definition) is 5. The van der Waals surface area contributed by atoms with Crippen molar-refractivity contribution in [3.8, 4) is 11.1 Å². The van der Waals surface area contributed by atoms with Crippen molar-refractivity contribution in [3.63, 3.8) is 0 Å². The van der Waals surface area contributed by atoms with E-state index in [1.165, 1.54) is 30.0 Å². The number of halogens is 3. The third kappa shape index (κ3) is 3.69. The molecule has 2 aliphatic heterocycles. The highest BCUT2D eigenvalue weighted by molar-refractivity contribution is 7.99. The molecule has 3 heterocycles. The fourth-order valence-corrected chi connectivity index (χ4v) is 5.96. The molecule has 5 rings (SSSR count). The Morgan fingerprint density at radius 1 is 1.15 bits per heavy atom. The first kappa shape index (κ1) is 21.9. The Balaban J connectivity index is 1.68. The van der Waals surface area contributed by atoms with Crippen LogP contribution in [0.5, 0.6) is 0 Å². The molecule has 1 amide bonds. The van der Waals surface area contributed by atoms with Crippen LogP contribution in [-0.2, 0) is 11.3 Å². The molecule has 0 atom stereocenters. The number of amides is 1. The van der Waals surface area contributed by atoms with E-state index in [9.17, 15) is 18.4 Å². The highest BCUT2D eigenvalue weighted by Crippen LogP contribution is 2.46. The molecule has 6 nitrogen and oxygen atoms in total. The highest BCUT2D eigenvalue weighted by atomic mass is 35.5. The summed E-state index contributed by atoms with van der Waals surface area (Å²) < 4.78 is 29.8. The number of nitrogens with zero attached hydrogens (tertiary/aromatic N) is 4. The van der Waals surface area contributed by atoms with Crippen molar-refractivity contribution < 1.29 is 13.6 Å². The number of hydrogen-bond donors (Lipinski definition) is 0. The average Bonchev–Trinajstić information content (AvgIpc) is 2.81. The standard InChI is InChI=1S/C23H19ClF2N4O2S/c1-2-18(31)28-5-7-29(8-6-28)22-15-12-16(24)19(14-4-3-13(25)11-17(14)26)21-20(15)30(9-10-33-21)23(32)27-22/h2-4,11-12H,1,5-10H2. The van der Waals surface area contributed by atoms with Crippen LogP contribution >= 0.6 is 23.4 Å². The Kier molecular flexibility index (Phi) is 5.62. The lowest BCUT2D eigenvalue weighted by Crippen LogP contribution is -2.49. The minimum Gasteiger partial charge on any atom is -0.352 e. The number of aromatic nitrogens is 2. The van der Waals surface area contributed by atoms with E-state index >= 15 is 0 Å². The first-order valence-electron chi connectivity index (χ1n) is 10.4. The second kappa shape index (κ2) is 8.46. The van der Waals surface area contributed by atoms with Gasteiger partial charge in [-0.2, -0.15) is 4.98 Å². The molecule has 10 heteroatoms. The van der Waals surface area contributed by atoms with Gasteiger partial charge < -0.3 is 9.80 Å². The van der Waals surface area contributed by atoms with Gasteiger partial charge in [0.1, 0.15) is 17.5 Å². The smallest absolute Gasteiger partial charge is 0.350 e. The third-order valence-corrected chi connectivity index (χ3v) is 7.35. The van der Waals surface area contributed by atoms with E-state index in [-0.39, 0.29) is 11.5 Å². The van der Waals surface area contributed by atoms with Crippen molar-refractivity contribution in [2.45, 2.75) is 11.4 Å². The van der Waals surface area contributed by atoms with E-state index in [2.05, 4.69) is 11.6 Å². The molecular weight excluding hydrogens is 470 g/mol. The Morgan fingerprint density at radius 3 is 2.61 bits per heavy atom. The lowest BCUT2D eigenvalue weighted by Gasteiger charge is -2.36. The Bertz CT molecular complexity index is 1370. The fourth-order valence-electron chi connectivity index (χ4n) is 4.40. The van der Waals surface area contributed by atoms with E-state index in [1.807, 2.05) is 4.90 Å². The zero-order valence-electron chi connectivity index (χ0n) is 17.5. The summed E-state index contributed by atoms with van der Waals surface area (Å²) in [5.41, 5.74) is 0.880. The lowest BCUT2D eigenvalue weighted by atomic mass is 10.0. The van der Waals surface area contributed by atoms with Crippen LogP contribution in [0.15, 0.2) is 46.6 Å². The average molecular weight is 489 g/mol. The monoisotopic (exact) mass is 488 g/mol. The molecule has 1 saturated heterocycles. The van der Waals surface area contributed by atoms with E-state index < -0.39 is 17.3 Å². The van der Waals surface area contributed by atoms with Gasteiger partial charge >= 0.3 is 5.69 Å². The minimum absolute atomic E-state index is 0.134. The molecule has 0 aliphatic carbocycles. The van der Waals surface area contributed by atoms with Crippen LogP contribution in [0.4, 0.5) is 14.6 Å². The molecular formula is C23H19ClF2N4O2S. The van der Waals surface area contributed by atoms with Crippen molar-refractivity contribution >= 4 is 46.0 Å². The molecule has 0 bridgehead atoms. The van der Waals surface area contributed by atoms with Crippen molar-refractivity contribution in [1.29, 1.82) is 0 Å². The van der Waals surface area contributed by atoms with Crippen LogP contribution in [-0.4, -0.2) is 52.3 Å². The van der Waals surface area contributed by atoms with Crippen molar-refractivity contribution in [1.82, 2.24) is 14.5 Å². The summed E-state index contributed by atoms with van der Waals surface area (Å²) in [5.74, 6) is -0.433. The molecule has 1 fully saturated rings. The molecule has 0 radical (unpaired) electrons.